The van der Waals surface area contributed by atoms with Crippen LogP contribution in [-0.2, 0) is 9.57 Å². The molecule has 0 aliphatic carbocycles. The summed E-state index contributed by atoms with van der Waals surface area (Å²) < 4.78 is 4.50. The molecule has 0 aromatic heterocycles. The zero-order valence-electron chi connectivity index (χ0n) is 4.07. The van der Waals surface area contributed by atoms with E-state index in [1.807, 2.05) is 0 Å². The maximum atomic E-state index is 8.45. The third kappa shape index (κ3) is 1.14. The normalized spacial score (nSPS) is 17.8. The van der Waals surface area contributed by atoms with E-state index in [1.54, 1.807) is 6.08 Å². The Kier molecular flexibility index (Phi) is 1.37. The van der Waals surface area contributed by atoms with E-state index in [-0.39, 0.29) is 0 Å². The topological polar surface area (TPSA) is 51.1 Å². The van der Waals surface area contributed by atoms with Crippen molar-refractivity contribution in [2.45, 2.75) is 0 Å². The zero-order chi connectivity index (χ0) is 5.82. The molecule has 8 heavy (non-hydrogen) atoms. The summed E-state index contributed by atoms with van der Waals surface area (Å²) in [4.78, 5) is 4.34. The van der Waals surface area contributed by atoms with E-state index in [9.17, 15) is 0 Å². The van der Waals surface area contributed by atoms with E-state index in [4.69, 9.17) is 5.11 Å². The van der Waals surface area contributed by atoms with Gasteiger partial charge in [-0.2, -0.15) is 0 Å². The number of ether oxygens (including phenoxy) is 1. The van der Waals surface area contributed by atoms with Crippen LogP contribution >= 0.6 is 0 Å². The number of aliphatic hydroxyl groups is 1. The number of oxime groups is 1. The summed E-state index contributed by atoms with van der Waals surface area (Å²) in [5.74, 6) is 0. The van der Waals surface area contributed by atoms with Gasteiger partial charge in [-0.05, 0) is 11.2 Å². The summed E-state index contributed by atoms with van der Waals surface area (Å²) in [6, 6.07) is 0. The van der Waals surface area contributed by atoms with Crippen molar-refractivity contribution >= 4 is 6.08 Å². The van der Waals surface area contributed by atoms with Crippen molar-refractivity contribution in [1.29, 1.82) is 0 Å². The molecule has 0 atom stereocenters. The van der Waals surface area contributed by atoms with E-state index in [0.717, 1.165) is 0 Å². The lowest BCUT2D eigenvalue weighted by Crippen LogP contribution is -2.00. The molecule has 0 radical (unpaired) electrons. The van der Waals surface area contributed by atoms with Crippen molar-refractivity contribution in [2.75, 3.05) is 6.61 Å². The second-order valence-electron chi connectivity index (χ2n) is 1.16. The molecule has 1 rings (SSSR count). The van der Waals surface area contributed by atoms with E-state index < -0.39 is 6.08 Å². The molecular formula is C4H5NO3. The second-order valence-corrected chi connectivity index (χ2v) is 1.16. The highest BCUT2D eigenvalue weighted by Gasteiger charge is 1.95. The molecule has 4 heteroatoms. The molecule has 1 N–H and O–H groups in total. The van der Waals surface area contributed by atoms with E-state index in [2.05, 4.69) is 14.7 Å². The van der Waals surface area contributed by atoms with Gasteiger partial charge in [0.1, 0.15) is 12.9 Å². The molecule has 0 saturated heterocycles. The van der Waals surface area contributed by atoms with Gasteiger partial charge in [0, 0.05) is 0 Å². The predicted octanol–water partition coefficient (Wildman–Crippen LogP) is 0.376. The van der Waals surface area contributed by atoms with Crippen LogP contribution in [0.25, 0.3) is 0 Å². The number of hydrogen-bond acceptors (Lipinski definition) is 3. The fourth-order valence-electron chi connectivity index (χ4n) is 0.307. The second kappa shape index (κ2) is 2.20. The number of aliphatic hydroxyl groups excluding tert-OH is 1. The highest BCUT2D eigenvalue weighted by Crippen LogP contribution is 1.89. The standard InChI is InChI=1S/C4H5NO3/c6-4-5-8-3-1-2-7-4/h1,3H,2H2,(H,5,6). The Morgan fingerprint density at radius 1 is 1.75 bits per heavy atom. The lowest BCUT2D eigenvalue weighted by Gasteiger charge is -1.91. The van der Waals surface area contributed by atoms with Crippen LogP contribution in [0, 0.1) is 0 Å². The molecule has 1 heterocycles. The minimum absolute atomic E-state index is 0.301. The third-order valence-electron chi connectivity index (χ3n) is 0.597. The fourth-order valence-corrected chi connectivity index (χ4v) is 0.307. The van der Waals surface area contributed by atoms with E-state index in [0.29, 0.717) is 6.61 Å². The van der Waals surface area contributed by atoms with Crippen LogP contribution in [-0.4, -0.2) is 17.8 Å². The predicted molar refractivity (Wildman–Crippen MR) is 26.2 cm³/mol. The van der Waals surface area contributed by atoms with Gasteiger partial charge in [0.25, 0.3) is 0 Å². The molecule has 0 unspecified atom stereocenters. The van der Waals surface area contributed by atoms with Crippen molar-refractivity contribution in [2.24, 2.45) is 5.16 Å². The van der Waals surface area contributed by atoms with Crippen LogP contribution in [0.4, 0.5) is 0 Å². The molecule has 0 spiro atoms. The maximum Gasteiger partial charge on any atom is 0.420 e. The molecule has 44 valence electrons. The highest BCUT2D eigenvalue weighted by atomic mass is 16.7. The average Bonchev–Trinajstić information content (AvgIpc) is 1.94. The Bertz CT molecular complexity index is 129. The molecule has 0 saturated carbocycles. The molecule has 0 fully saturated rings. The van der Waals surface area contributed by atoms with Gasteiger partial charge < -0.3 is 14.7 Å². The Balaban J connectivity index is 2.48. The monoisotopic (exact) mass is 115 g/mol. The summed E-state index contributed by atoms with van der Waals surface area (Å²) in [6.45, 7) is 0.301. The SMILES string of the molecule is OC1=NOC=CCO1. The fraction of sp³-hybridized carbons (Fsp3) is 0.250. The quantitative estimate of drug-likeness (QED) is 0.496. The lowest BCUT2D eigenvalue weighted by molar-refractivity contribution is 0.210. The lowest BCUT2D eigenvalue weighted by atomic mass is 10.7. The first-order valence-electron chi connectivity index (χ1n) is 2.10. The van der Waals surface area contributed by atoms with Crippen molar-refractivity contribution < 1.29 is 14.7 Å². The van der Waals surface area contributed by atoms with Crippen LogP contribution in [0.15, 0.2) is 17.5 Å². The van der Waals surface area contributed by atoms with Crippen molar-refractivity contribution in [3.63, 3.8) is 0 Å². The Labute approximate surface area is 46.0 Å². The first-order valence-corrected chi connectivity index (χ1v) is 2.10. The molecule has 0 aromatic rings. The van der Waals surface area contributed by atoms with Gasteiger partial charge in [-0.15, -0.1) is 0 Å². The van der Waals surface area contributed by atoms with Crippen molar-refractivity contribution in [3.05, 3.63) is 12.3 Å². The first kappa shape index (κ1) is 4.96. The average molecular weight is 115 g/mol. The molecule has 0 amide bonds. The minimum Gasteiger partial charge on any atom is -0.464 e. The van der Waals surface area contributed by atoms with Gasteiger partial charge in [0.05, 0.1) is 0 Å². The summed E-state index contributed by atoms with van der Waals surface area (Å²) in [5, 5.41) is 11.5. The van der Waals surface area contributed by atoms with Gasteiger partial charge in [-0.1, -0.05) is 0 Å². The Morgan fingerprint density at radius 2 is 2.62 bits per heavy atom. The van der Waals surface area contributed by atoms with Gasteiger partial charge in [0.2, 0.25) is 0 Å². The van der Waals surface area contributed by atoms with E-state index in [1.165, 1.54) is 6.26 Å². The van der Waals surface area contributed by atoms with Crippen LogP contribution < -0.4 is 0 Å². The van der Waals surface area contributed by atoms with Crippen molar-refractivity contribution in [3.8, 4) is 0 Å². The number of nitrogens with zero attached hydrogens (tertiary/aromatic N) is 1. The van der Waals surface area contributed by atoms with Gasteiger partial charge >= 0.3 is 6.08 Å². The minimum atomic E-state index is -0.435. The molecular weight excluding hydrogens is 110 g/mol. The third-order valence-corrected chi connectivity index (χ3v) is 0.597. The largest absolute Gasteiger partial charge is 0.464 e. The highest BCUT2D eigenvalue weighted by molar-refractivity contribution is 5.63. The smallest absolute Gasteiger partial charge is 0.420 e. The Hall–Kier alpha value is -1.19. The first-order chi connectivity index (χ1) is 3.89. The zero-order valence-corrected chi connectivity index (χ0v) is 4.07. The van der Waals surface area contributed by atoms with Crippen LogP contribution in [0.5, 0.6) is 0 Å². The summed E-state index contributed by atoms with van der Waals surface area (Å²) in [6.07, 6.45) is 2.49. The maximum absolute atomic E-state index is 8.45. The molecule has 0 bridgehead atoms. The van der Waals surface area contributed by atoms with Crippen LogP contribution in [0.3, 0.4) is 0 Å². The summed E-state index contributed by atoms with van der Waals surface area (Å²) >= 11 is 0. The molecule has 1 aliphatic rings. The molecule has 4 nitrogen and oxygen atoms in total. The Morgan fingerprint density at radius 3 is 3.50 bits per heavy atom. The summed E-state index contributed by atoms with van der Waals surface area (Å²) in [5.41, 5.74) is 0. The van der Waals surface area contributed by atoms with Crippen LogP contribution in [0.2, 0.25) is 0 Å². The molecule has 0 aromatic carbocycles. The van der Waals surface area contributed by atoms with Gasteiger partial charge in [-0.3, -0.25) is 0 Å². The number of hydrogen-bond donors (Lipinski definition) is 1. The van der Waals surface area contributed by atoms with Gasteiger partial charge in [0.15, 0.2) is 0 Å². The van der Waals surface area contributed by atoms with Gasteiger partial charge in [-0.25, -0.2) is 0 Å². The van der Waals surface area contributed by atoms with Crippen LogP contribution in [0.1, 0.15) is 0 Å². The van der Waals surface area contributed by atoms with E-state index >= 15 is 0 Å². The molecule has 1 aliphatic heterocycles. The summed E-state index contributed by atoms with van der Waals surface area (Å²) in [7, 11) is 0. The van der Waals surface area contributed by atoms with Crippen molar-refractivity contribution in [1.82, 2.24) is 0 Å². The number of rotatable bonds is 0.